The van der Waals surface area contributed by atoms with Crippen LogP contribution in [0.5, 0.6) is 5.75 Å². The third-order valence-electron chi connectivity index (χ3n) is 6.50. The van der Waals surface area contributed by atoms with Gasteiger partial charge >= 0.3 is 0 Å². The first kappa shape index (κ1) is 23.1. The van der Waals surface area contributed by atoms with Crippen molar-refractivity contribution in [3.05, 3.63) is 48.0 Å². The minimum absolute atomic E-state index is 0. The van der Waals surface area contributed by atoms with E-state index in [0.29, 0.717) is 17.9 Å². The van der Waals surface area contributed by atoms with Crippen LogP contribution in [0.25, 0.3) is 33.5 Å². The second-order valence-corrected chi connectivity index (χ2v) is 8.53. The van der Waals surface area contributed by atoms with Gasteiger partial charge in [-0.1, -0.05) is 18.2 Å². The number of imidazole rings is 1. The Bertz CT molecular complexity index is 1330. The number of piperidine rings is 1. The van der Waals surface area contributed by atoms with Gasteiger partial charge in [0.05, 0.1) is 18.3 Å². The molecule has 2 N–H and O–H groups in total. The second-order valence-electron chi connectivity index (χ2n) is 8.53. The zero-order valence-corrected chi connectivity index (χ0v) is 20.1. The number of carbonyl (C=O) groups is 1. The van der Waals surface area contributed by atoms with Gasteiger partial charge in [0.25, 0.3) is 5.91 Å². The SMILES string of the molecule is CCn1c(-c2nc3cc(C(=O)N4CCCC(N)C4)cc(OC)c3n2C)cc2ccccc21.Cl. The van der Waals surface area contributed by atoms with Crippen LogP contribution in [-0.4, -0.2) is 51.2 Å². The number of fused-ring (bicyclic) bond motifs is 2. The maximum absolute atomic E-state index is 13.2. The van der Waals surface area contributed by atoms with Gasteiger partial charge in [0.2, 0.25) is 0 Å². The summed E-state index contributed by atoms with van der Waals surface area (Å²) in [6.07, 6.45) is 1.89. The van der Waals surface area contributed by atoms with Crippen LogP contribution in [0, 0.1) is 0 Å². The van der Waals surface area contributed by atoms with E-state index in [9.17, 15) is 4.79 Å². The van der Waals surface area contributed by atoms with Gasteiger partial charge in [0, 0.05) is 49.2 Å². The van der Waals surface area contributed by atoms with Gasteiger partial charge in [0.15, 0.2) is 5.82 Å². The van der Waals surface area contributed by atoms with Crippen LogP contribution < -0.4 is 10.5 Å². The number of amides is 1. The molecule has 1 saturated heterocycles. The van der Waals surface area contributed by atoms with Crippen LogP contribution in [0.3, 0.4) is 0 Å². The van der Waals surface area contributed by atoms with Crippen LogP contribution in [0.4, 0.5) is 0 Å². The normalized spacial score (nSPS) is 16.2. The molecule has 1 amide bonds. The third-order valence-corrected chi connectivity index (χ3v) is 6.50. The summed E-state index contributed by atoms with van der Waals surface area (Å²) >= 11 is 0. The fourth-order valence-electron chi connectivity index (χ4n) is 4.93. The highest BCUT2D eigenvalue weighted by molar-refractivity contribution is 6.00. The number of halogens is 1. The van der Waals surface area contributed by atoms with E-state index in [1.807, 2.05) is 24.1 Å². The van der Waals surface area contributed by atoms with Gasteiger partial charge in [-0.15, -0.1) is 12.4 Å². The lowest BCUT2D eigenvalue weighted by molar-refractivity contribution is 0.0708. The molecule has 1 aliphatic rings. The molecule has 2 aromatic heterocycles. The second kappa shape index (κ2) is 9.08. The monoisotopic (exact) mass is 467 g/mol. The number of likely N-dealkylation sites (tertiary alicyclic amines) is 1. The molecule has 2 aromatic carbocycles. The molecule has 0 aliphatic carbocycles. The first-order valence-electron chi connectivity index (χ1n) is 11.2. The number of aromatic nitrogens is 3. The summed E-state index contributed by atoms with van der Waals surface area (Å²) in [5.41, 5.74) is 10.5. The first-order chi connectivity index (χ1) is 15.5. The molecule has 33 heavy (non-hydrogen) atoms. The van der Waals surface area contributed by atoms with Gasteiger partial charge < -0.3 is 24.5 Å². The van der Waals surface area contributed by atoms with E-state index >= 15 is 0 Å². The van der Waals surface area contributed by atoms with Gasteiger partial charge in [0.1, 0.15) is 11.3 Å². The summed E-state index contributed by atoms with van der Waals surface area (Å²) < 4.78 is 10.0. The molecular formula is C25H30ClN5O2. The number of hydrogen-bond donors (Lipinski definition) is 1. The molecule has 1 fully saturated rings. The first-order valence-corrected chi connectivity index (χ1v) is 11.2. The van der Waals surface area contributed by atoms with E-state index in [0.717, 1.165) is 48.5 Å². The smallest absolute Gasteiger partial charge is 0.254 e. The molecule has 4 aromatic rings. The van der Waals surface area contributed by atoms with Crippen molar-refractivity contribution in [3.63, 3.8) is 0 Å². The zero-order valence-electron chi connectivity index (χ0n) is 19.2. The van der Waals surface area contributed by atoms with Gasteiger partial charge in [-0.25, -0.2) is 4.98 Å². The van der Waals surface area contributed by atoms with Crippen molar-refractivity contribution in [2.75, 3.05) is 20.2 Å². The van der Waals surface area contributed by atoms with Crippen LogP contribution in [0.15, 0.2) is 42.5 Å². The van der Waals surface area contributed by atoms with E-state index in [2.05, 4.69) is 46.4 Å². The fourth-order valence-corrected chi connectivity index (χ4v) is 4.93. The molecule has 0 saturated carbocycles. The van der Waals surface area contributed by atoms with E-state index in [-0.39, 0.29) is 24.4 Å². The topological polar surface area (TPSA) is 78.3 Å². The highest BCUT2D eigenvalue weighted by Crippen LogP contribution is 2.34. The molecule has 1 atom stereocenters. The highest BCUT2D eigenvalue weighted by atomic mass is 35.5. The van der Waals surface area contributed by atoms with E-state index < -0.39 is 0 Å². The Hall–Kier alpha value is -3.03. The summed E-state index contributed by atoms with van der Waals surface area (Å²) in [4.78, 5) is 20.0. The number of methoxy groups -OCH3 is 1. The molecule has 0 spiro atoms. The molecule has 1 aliphatic heterocycles. The minimum atomic E-state index is -0.0183. The average molecular weight is 468 g/mol. The van der Waals surface area contributed by atoms with Crippen molar-refractivity contribution in [3.8, 4) is 17.3 Å². The van der Waals surface area contributed by atoms with Crippen molar-refractivity contribution < 1.29 is 9.53 Å². The maximum atomic E-state index is 13.2. The summed E-state index contributed by atoms with van der Waals surface area (Å²) in [5, 5.41) is 1.18. The highest BCUT2D eigenvalue weighted by Gasteiger charge is 2.25. The van der Waals surface area contributed by atoms with Crippen LogP contribution in [0.2, 0.25) is 0 Å². The zero-order chi connectivity index (χ0) is 22.4. The van der Waals surface area contributed by atoms with E-state index in [4.69, 9.17) is 15.5 Å². The lowest BCUT2D eigenvalue weighted by Gasteiger charge is -2.30. The predicted molar refractivity (Wildman–Crippen MR) is 134 cm³/mol. The molecule has 1 unspecified atom stereocenters. The lowest BCUT2D eigenvalue weighted by Crippen LogP contribution is -2.45. The molecular weight excluding hydrogens is 438 g/mol. The summed E-state index contributed by atoms with van der Waals surface area (Å²) in [6.45, 7) is 4.29. The molecule has 5 rings (SSSR count). The van der Waals surface area contributed by atoms with Crippen molar-refractivity contribution in [1.82, 2.24) is 19.0 Å². The maximum Gasteiger partial charge on any atom is 0.254 e. The Labute approximate surface area is 199 Å². The molecule has 174 valence electrons. The van der Waals surface area contributed by atoms with Crippen LogP contribution in [-0.2, 0) is 13.6 Å². The number of hydrogen-bond acceptors (Lipinski definition) is 4. The fraction of sp³-hybridized carbons (Fsp3) is 0.360. The van der Waals surface area contributed by atoms with Crippen molar-refractivity contribution >= 4 is 40.3 Å². The number of nitrogens with two attached hydrogens (primary N) is 1. The van der Waals surface area contributed by atoms with Gasteiger partial charge in [-0.2, -0.15) is 0 Å². The standard InChI is InChI=1S/C25H29N5O2.ClH/c1-4-30-20-10-6-5-8-16(20)13-21(30)24-27-19-12-17(14-22(32-3)23(19)28(24)2)25(31)29-11-7-9-18(26)15-29;/h5-6,8,10,12-14,18H,4,7,9,11,15,26H2,1-3H3;1H. The number of rotatable bonds is 4. The Balaban J connectivity index is 0.00000259. The molecule has 3 heterocycles. The average Bonchev–Trinajstić information content (AvgIpc) is 3.35. The summed E-state index contributed by atoms with van der Waals surface area (Å²) in [5.74, 6) is 1.48. The Kier molecular flexibility index (Phi) is 6.36. The van der Waals surface area contributed by atoms with Crippen molar-refractivity contribution in [2.24, 2.45) is 12.8 Å². The van der Waals surface area contributed by atoms with Crippen molar-refractivity contribution in [2.45, 2.75) is 32.4 Å². The molecule has 7 nitrogen and oxygen atoms in total. The van der Waals surface area contributed by atoms with Gasteiger partial charge in [-0.05, 0) is 44.0 Å². The number of aryl methyl sites for hydroxylation is 2. The third kappa shape index (κ3) is 3.85. The molecule has 0 radical (unpaired) electrons. The van der Waals surface area contributed by atoms with Crippen LogP contribution >= 0.6 is 12.4 Å². The predicted octanol–water partition coefficient (Wildman–Crippen LogP) is 4.21. The van der Waals surface area contributed by atoms with Crippen molar-refractivity contribution in [1.29, 1.82) is 0 Å². The Morgan fingerprint density at radius 2 is 2.03 bits per heavy atom. The van der Waals surface area contributed by atoms with Crippen LogP contribution in [0.1, 0.15) is 30.1 Å². The van der Waals surface area contributed by atoms with E-state index in [1.165, 1.54) is 10.9 Å². The number of para-hydroxylation sites is 1. The van der Waals surface area contributed by atoms with E-state index in [1.54, 1.807) is 7.11 Å². The summed E-state index contributed by atoms with van der Waals surface area (Å²) in [7, 11) is 3.63. The largest absolute Gasteiger partial charge is 0.494 e. The molecule has 8 heteroatoms. The minimum Gasteiger partial charge on any atom is -0.494 e. The number of ether oxygens (including phenoxy) is 1. The number of nitrogens with zero attached hydrogens (tertiary/aromatic N) is 4. The quantitative estimate of drug-likeness (QED) is 0.487. The Morgan fingerprint density at radius 1 is 1.24 bits per heavy atom. The summed E-state index contributed by atoms with van der Waals surface area (Å²) in [6, 6.07) is 14.3. The number of benzene rings is 2. The molecule has 0 bridgehead atoms. The lowest BCUT2D eigenvalue weighted by atomic mass is 10.0. The number of carbonyl (C=O) groups excluding carboxylic acids is 1. The Morgan fingerprint density at radius 3 is 2.76 bits per heavy atom. The van der Waals surface area contributed by atoms with Gasteiger partial charge in [-0.3, -0.25) is 4.79 Å².